The lowest BCUT2D eigenvalue weighted by Gasteiger charge is -2.04. The molecule has 1 amide bonds. The molecule has 0 spiro atoms. The van der Waals surface area contributed by atoms with E-state index in [1.165, 1.54) is 18.4 Å². The second kappa shape index (κ2) is 7.59. The average Bonchev–Trinajstić information content (AvgIpc) is 3.09. The fourth-order valence-corrected chi connectivity index (χ4v) is 2.51. The van der Waals surface area contributed by atoms with Gasteiger partial charge in [0.25, 0.3) is 5.91 Å². The Morgan fingerprint density at radius 2 is 1.79 bits per heavy atom. The van der Waals surface area contributed by atoms with E-state index in [2.05, 4.69) is 17.3 Å². The summed E-state index contributed by atoms with van der Waals surface area (Å²) in [6.07, 6.45) is 5.23. The summed E-state index contributed by atoms with van der Waals surface area (Å²) >= 11 is 0. The Kier molecular flexibility index (Phi) is 5.06. The Balaban J connectivity index is 1.66. The van der Waals surface area contributed by atoms with Crippen LogP contribution in [0.3, 0.4) is 0 Å². The quantitative estimate of drug-likeness (QED) is 0.729. The fraction of sp³-hybridized carbons (Fsp3) is 0.200. The molecule has 0 saturated carbocycles. The fourth-order valence-electron chi connectivity index (χ4n) is 2.51. The molecule has 0 saturated heterocycles. The third-order valence-electron chi connectivity index (χ3n) is 3.89. The van der Waals surface area contributed by atoms with E-state index in [0.717, 1.165) is 12.1 Å². The van der Waals surface area contributed by atoms with E-state index in [1.54, 1.807) is 10.7 Å². The minimum atomic E-state index is -0.143. The van der Waals surface area contributed by atoms with Crippen LogP contribution in [0.5, 0.6) is 0 Å². The Hall–Kier alpha value is -2.88. The van der Waals surface area contributed by atoms with Gasteiger partial charge in [-0.3, -0.25) is 4.79 Å². The van der Waals surface area contributed by atoms with Gasteiger partial charge in [0.2, 0.25) is 0 Å². The van der Waals surface area contributed by atoms with Crippen molar-refractivity contribution in [1.82, 2.24) is 9.78 Å². The van der Waals surface area contributed by atoms with Crippen LogP contribution in [0.4, 0.5) is 5.82 Å². The van der Waals surface area contributed by atoms with E-state index in [4.69, 9.17) is 0 Å². The van der Waals surface area contributed by atoms with Crippen molar-refractivity contribution in [3.05, 3.63) is 78.0 Å². The molecular formula is C20H21N3O. The van der Waals surface area contributed by atoms with E-state index >= 15 is 0 Å². The predicted molar refractivity (Wildman–Crippen MR) is 96.6 cm³/mol. The van der Waals surface area contributed by atoms with Gasteiger partial charge in [-0.1, -0.05) is 43.7 Å². The van der Waals surface area contributed by atoms with Crippen molar-refractivity contribution < 1.29 is 4.79 Å². The number of hydrogen-bond donors (Lipinski definition) is 1. The number of unbranched alkanes of at least 4 members (excludes halogenated alkanes) is 1. The van der Waals surface area contributed by atoms with E-state index in [0.29, 0.717) is 11.4 Å². The minimum absolute atomic E-state index is 0.143. The number of nitrogens with zero attached hydrogens (tertiary/aromatic N) is 2. The molecule has 0 aliphatic carbocycles. The topological polar surface area (TPSA) is 46.9 Å². The normalized spacial score (nSPS) is 10.5. The predicted octanol–water partition coefficient (Wildman–Crippen LogP) is 4.47. The van der Waals surface area contributed by atoms with Gasteiger partial charge in [0, 0.05) is 17.8 Å². The van der Waals surface area contributed by atoms with E-state index in [-0.39, 0.29) is 5.91 Å². The first-order valence-corrected chi connectivity index (χ1v) is 8.27. The van der Waals surface area contributed by atoms with Crippen molar-refractivity contribution in [2.24, 2.45) is 0 Å². The molecule has 2 aromatic carbocycles. The summed E-state index contributed by atoms with van der Waals surface area (Å²) in [5.41, 5.74) is 2.87. The van der Waals surface area contributed by atoms with E-state index in [9.17, 15) is 4.79 Å². The molecule has 24 heavy (non-hydrogen) atoms. The molecule has 4 nitrogen and oxygen atoms in total. The number of nitrogens with one attached hydrogen (secondary N) is 1. The number of para-hydroxylation sites is 1. The maximum absolute atomic E-state index is 12.3. The molecule has 3 aromatic rings. The molecule has 3 rings (SSSR count). The zero-order valence-electron chi connectivity index (χ0n) is 13.8. The minimum Gasteiger partial charge on any atom is -0.305 e. The lowest BCUT2D eigenvalue weighted by atomic mass is 10.1. The van der Waals surface area contributed by atoms with Gasteiger partial charge in [-0.05, 0) is 42.7 Å². The molecule has 0 aliphatic heterocycles. The number of carbonyl (C=O) groups excluding carboxylic acids is 1. The Labute approximate surface area is 142 Å². The summed E-state index contributed by atoms with van der Waals surface area (Å²) in [5.74, 6) is 0.397. The number of rotatable bonds is 6. The molecule has 0 atom stereocenters. The number of benzene rings is 2. The van der Waals surface area contributed by atoms with Crippen LogP contribution in [0.15, 0.2) is 66.9 Å². The molecule has 1 aromatic heterocycles. The van der Waals surface area contributed by atoms with E-state index < -0.39 is 0 Å². The SMILES string of the molecule is CCCCc1ccc(C(=O)Nc2ccn(-c3ccccc3)n2)cc1. The molecule has 122 valence electrons. The molecule has 0 radical (unpaired) electrons. The highest BCUT2D eigenvalue weighted by Crippen LogP contribution is 2.12. The molecule has 0 aliphatic rings. The molecule has 0 unspecified atom stereocenters. The van der Waals surface area contributed by atoms with Crippen molar-refractivity contribution in [2.45, 2.75) is 26.2 Å². The average molecular weight is 319 g/mol. The van der Waals surface area contributed by atoms with Crippen molar-refractivity contribution in [2.75, 3.05) is 5.32 Å². The second-order valence-electron chi connectivity index (χ2n) is 5.74. The number of aryl methyl sites for hydroxylation is 1. The Bertz CT molecular complexity index is 791. The Morgan fingerprint density at radius 1 is 1.04 bits per heavy atom. The number of amides is 1. The van der Waals surface area contributed by atoms with Gasteiger partial charge in [0.05, 0.1) is 5.69 Å². The first kappa shape index (κ1) is 16.0. The van der Waals surface area contributed by atoms with Gasteiger partial charge in [0.15, 0.2) is 5.82 Å². The third kappa shape index (κ3) is 3.90. The Morgan fingerprint density at radius 3 is 2.50 bits per heavy atom. The highest BCUT2D eigenvalue weighted by Gasteiger charge is 2.08. The maximum atomic E-state index is 12.3. The van der Waals surface area contributed by atoms with Gasteiger partial charge in [-0.2, -0.15) is 5.10 Å². The number of carbonyl (C=O) groups is 1. The van der Waals surface area contributed by atoms with Crippen LogP contribution in [-0.2, 0) is 6.42 Å². The van der Waals surface area contributed by atoms with Crippen molar-refractivity contribution >= 4 is 11.7 Å². The number of anilines is 1. The highest BCUT2D eigenvalue weighted by atomic mass is 16.1. The molecule has 1 N–H and O–H groups in total. The maximum Gasteiger partial charge on any atom is 0.256 e. The summed E-state index contributed by atoms with van der Waals surface area (Å²) in [5, 5.41) is 7.23. The van der Waals surface area contributed by atoms with Gasteiger partial charge < -0.3 is 5.32 Å². The standard InChI is InChI=1S/C20H21N3O/c1-2-3-7-16-10-12-17(13-11-16)20(24)21-19-14-15-23(22-19)18-8-5-4-6-9-18/h4-6,8-15H,2-3,7H2,1H3,(H,21,22,24). The first-order chi connectivity index (χ1) is 11.8. The van der Waals surface area contributed by atoms with Crippen LogP contribution in [0.2, 0.25) is 0 Å². The summed E-state index contributed by atoms with van der Waals surface area (Å²) < 4.78 is 1.74. The largest absolute Gasteiger partial charge is 0.305 e. The molecule has 1 heterocycles. The van der Waals surface area contributed by atoms with Gasteiger partial charge >= 0.3 is 0 Å². The molecule has 0 fully saturated rings. The summed E-state index contributed by atoms with van der Waals surface area (Å²) in [6, 6.07) is 19.4. The molecule has 4 heteroatoms. The van der Waals surface area contributed by atoms with Crippen LogP contribution in [0, 0.1) is 0 Å². The van der Waals surface area contributed by atoms with Crippen LogP contribution in [0.25, 0.3) is 5.69 Å². The zero-order chi connectivity index (χ0) is 16.8. The first-order valence-electron chi connectivity index (χ1n) is 8.27. The van der Waals surface area contributed by atoms with Gasteiger partial charge in [-0.25, -0.2) is 4.68 Å². The van der Waals surface area contributed by atoms with Gasteiger partial charge in [0.1, 0.15) is 0 Å². The lowest BCUT2D eigenvalue weighted by Crippen LogP contribution is -2.12. The molecular weight excluding hydrogens is 298 g/mol. The summed E-state index contributed by atoms with van der Waals surface area (Å²) in [7, 11) is 0. The molecule has 0 bridgehead atoms. The van der Waals surface area contributed by atoms with Crippen molar-refractivity contribution in [3.8, 4) is 5.69 Å². The summed E-state index contributed by atoms with van der Waals surface area (Å²) in [4.78, 5) is 12.3. The lowest BCUT2D eigenvalue weighted by molar-refractivity contribution is 0.102. The number of aromatic nitrogens is 2. The zero-order valence-corrected chi connectivity index (χ0v) is 13.8. The van der Waals surface area contributed by atoms with Crippen LogP contribution in [0.1, 0.15) is 35.7 Å². The smallest absolute Gasteiger partial charge is 0.256 e. The van der Waals surface area contributed by atoms with E-state index in [1.807, 2.05) is 60.8 Å². The van der Waals surface area contributed by atoms with Crippen LogP contribution < -0.4 is 5.32 Å². The number of hydrogen-bond acceptors (Lipinski definition) is 2. The summed E-state index contributed by atoms with van der Waals surface area (Å²) in [6.45, 7) is 2.18. The van der Waals surface area contributed by atoms with Crippen molar-refractivity contribution in [1.29, 1.82) is 0 Å². The third-order valence-corrected chi connectivity index (χ3v) is 3.89. The van der Waals surface area contributed by atoms with Gasteiger partial charge in [-0.15, -0.1) is 0 Å². The second-order valence-corrected chi connectivity index (χ2v) is 5.74. The van der Waals surface area contributed by atoms with Crippen LogP contribution >= 0.6 is 0 Å². The monoisotopic (exact) mass is 319 g/mol. The van der Waals surface area contributed by atoms with Crippen molar-refractivity contribution in [3.63, 3.8) is 0 Å². The van der Waals surface area contributed by atoms with Crippen LogP contribution in [-0.4, -0.2) is 15.7 Å². The highest BCUT2D eigenvalue weighted by molar-refractivity contribution is 6.03.